The van der Waals surface area contributed by atoms with Crippen LogP contribution in [0.15, 0.2) is 101 Å². The highest BCUT2D eigenvalue weighted by molar-refractivity contribution is 7.93. The minimum atomic E-state index is -4.39. The van der Waals surface area contributed by atoms with Crippen LogP contribution >= 0.6 is 11.6 Å². The molecule has 0 bridgehead atoms. The van der Waals surface area contributed by atoms with Crippen molar-refractivity contribution in [2.75, 3.05) is 42.2 Å². The summed E-state index contributed by atoms with van der Waals surface area (Å²) in [5.41, 5.74) is 0.658. The van der Waals surface area contributed by atoms with Crippen LogP contribution in [-0.4, -0.2) is 50.6 Å². The second-order valence-electron chi connectivity index (χ2n) is 8.89. The Kier molecular flexibility index (Phi) is 9.69. The number of hydrogen-bond acceptors (Lipinski definition) is 8. The summed E-state index contributed by atoms with van der Waals surface area (Å²) in [6.07, 6.45) is 0. The fourth-order valence-corrected chi connectivity index (χ4v) is 6.69. The summed E-state index contributed by atoms with van der Waals surface area (Å²) in [7, 11) is -4.13. The molecule has 0 atom stereocenters. The predicted octanol–water partition coefficient (Wildman–Crippen LogP) is 5.00. The number of sulfonamides is 2. The molecule has 1 amide bonds. The van der Waals surface area contributed by atoms with Crippen LogP contribution in [0.3, 0.4) is 0 Å². The van der Waals surface area contributed by atoms with E-state index in [0.29, 0.717) is 11.4 Å². The Morgan fingerprint density at radius 1 is 0.721 bits per heavy atom. The number of halogens is 1. The highest BCUT2D eigenvalue weighted by Crippen LogP contribution is 2.37. The topological polar surface area (TPSA) is 140 Å². The molecular formula is C29H28ClN3O8S2. The van der Waals surface area contributed by atoms with Crippen molar-refractivity contribution in [2.45, 2.75) is 9.79 Å². The molecular weight excluding hydrogens is 618 g/mol. The molecule has 0 aromatic heterocycles. The van der Waals surface area contributed by atoms with Gasteiger partial charge in [-0.1, -0.05) is 29.8 Å². The third kappa shape index (κ3) is 7.31. The number of anilines is 3. The average Bonchev–Trinajstić information content (AvgIpc) is 3.00. The van der Waals surface area contributed by atoms with Crippen LogP contribution in [0.5, 0.6) is 17.2 Å². The number of para-hydroxylation sites is 1. The maximum atomic E-state index is 14.0. The van der Waals surface area contributed by atoms with Gasteiger partial charge in [-0.3, -0.25) is 13.8 Å². The maximum Gasteiger partial charge on any atom is 0.265 e. The van der Waals surface area contributed by atoms with Crippen LogP contribution in [0, 0.1) is 0 Å². The number of nitrogens with one attached hydrogen (secondary N) is 2. The van der Waals surface area contributed by atoms with Gasteiger partial charge in [-0.25, -0.2) is 16.8 Å². The molecule has 0 aliphatic rings. The molecule has 2 N–H and O–H groups in total. The summed E-state index contributed by atoms with van der Waals surface area (Å²) >= 11 is 6.20. The minimum Gasteiger partial charge on any atom is -0.495 e. The van der Waals surface area contributed by atoms with Gasteiger partial charge in [0.15, 0.2) is 11.5 Å². The first-order valence-corrected chi connectivity index (χ1v) is 15.8. The lowest BCUT2D eigenvalue weighted by molar-refractivity contribution is -0.114. The Morgan fingerprint density at radius 2 is 1.33 bits per heavy atom. The van der Waals surface area contributed by atoms with E-state index in [4.69, 9.17) is 25.8 Å². The fraction of sp³-hybridized carbons (Fsp3) is 0.138. The predicted molar refractivity (Wildman–Crippen MR) is 164 cm³/mol. The lowest BCUT2D eigenvalue weighted by atomic mass is 10.3. The molecule has 43 heavy (non-hydrogen) atoms. The Labute approximate surface area is 255 Å². The molecule has 0 saturated heterocycles. The lowest BCUT2D eigenvalue weighted by Crippen LogP contribution is -2.38. The monoisotopic (exact) mass is 645 g/mol. The smallest absolute Gasteiger partial charge is 0.265 e. The average molecular weight is 646 g/mol. The van der Waals surface area contributed by atoms with E-state index < -0.39 is 32.5 Å². The summed E-state index contributed by atoms with van der Waals surface area (Å²) in [6.45, 7) is -0.678. The molecule has 4 aromatic rings. The van der Waals surface area contributed by atoms with Gasteiger partial charge in [0.1, 0.15) is 12.3 Å². The Balaban J connectivity index is 1.62. The van der Waals surface area contributed by atoms with Crippen molar-refractivity contribution < 1.29 is 35.8 Å². The fourth-order valence-electron chi connectivity index (χ4n) is 4.03. The molecule has 4 rings (SSSR count). The molecule has 0 aliphatic heterocycles. The van der Waals surface area contributed by atoms with Crippen LogP contribution in [0.25, 0.3) is 0 Å². The van der Waals surface area contributed by atoms with Gasteiger partial charge in [0, 0.05) is 22.5 Å². The number of methoxy groups -OCH3 is 3. The normalized spacial score (nSPS) is 11.3. The molecule has 4 aromatic carbocycles. The number of hydrogen-bond donors (Lipinski definition) is 2. The molecule has 0 heterocycles. The van der Waals surface area contributed by atoms with E-state index in [-0.39, 0.29) is 37.7 Å². The quantitative estimate of drug-likeness (QED) is 0.219. The van der Waals surface area contributed by atoms with Gasteiger partial charge in [0.05, 0.1) is 36.8 Å². The minimum absolute atomic E-state index is 0.0216. The van der Waals surface area contributed by atoms with E-state index in [9.17, 15) is 21.6 Å². The Morgan fingerprint density at radius 3 is 1.95 bits per heavy atom. The molecule has 0 unspecified atom stereocenters. The van der Waals surface area contributed by atoms with Gasteiger partial charge in [-0.05, 0) is 66.7 Å². The Bertz CT molecular complexity index is 1820. The first-order chi connectivity index (χ1) is 20.5. The summed E-state index contributed by atoms with van der Waals surface area (Å²) < 4.78 is 72.6. The number of benzene rings is 4. The molecule has 0 saturated carbocycles. The highest BCUT2D eigenvalue weighted by Gasteiger charge is 2.31. The number of carbonyl (C=O) groups excluding carboxylic acids is 1. The van der Waals surface area contributed by atoms with Crippen LogP contribution in [0.4, 0.5) is 17.1 Å². The van der Waals surface area contributed by atoms with Crippen molar-refractivity contribution in [3.05, 3.63) is 96.0 Å². The van der Waals surface area contributed by atoms with Crippen LogP contribution in [0.1, 0.15) is 0 Å². The van der Waals surface area contributed by atoms with Crippen molar-refractivity contribution >= 4 is 54.6 Å². The summed E-state index contributed by atoms with van der Waals surface area (Å²) in [5.74, 6) is -0.0795. The van der Waals surface area contributed by atoms with Crippen molar-refractivity contribution in [3.63, 3.8) is 0 Å². The highest BCUT2D eigenvalue weighted by atomic mass is 35.5. The standard InChI is InChI=1S/C29H28ClN3O8S2/c1-39-26-15-9-20(30)17-25(26)33(43(37,38)24-14-16-27(40-2)28(18-24)41-3)19-29(34)31-21-10-12-23(13-11-21)42(35,36)32-22-7-5-4-6-8-22/h4-18,32H,19H2,1-3H3,(H,31,34). The number of nitrogens with zero attached hydrogens (tertiary/aromatic N) is 1. The van der Waals surface area contributed by atoms with Gasteiger partial charge in [0.25, 0.3) is 20.0 Å². The summed E-state index contributed by atoms with van der Waals surface area (Å²) in [5, 5.41) is 2.82. The van der Waals surface area contributed by atoms with Gasteiger partial charge in [-0.2, -0.15) is 0 Å². The second kappa shape index (κ2) is 13.2. The molecule has 0 radical (unpaired) electrons. The summed E-state index contributed by atoms with van der Waals surface area (Å²) in [4.78, 5) is 13.0. The first kappa shape index (κ1) is 31.5. The molecule has 11 nitrogen and oxygen atoms in total. The van der Waals surface area contributed by atoms with E-state index >= 15 is 0 Å². The van der Waals surface area contributed by atoms with Gasteiger partial charge >= 0.3 is 0 Å². The SMILES string of the molecule is COc1ccc(S(=O)(=O)N(CC(=O)Nc2ccc(S(=O)(=O)Nc3ccccc3)cc2)c2cc(Cl)ccc2OC)cc1OC. The lowest BCUT2D eigenvalue weighted by Gasteiger charge is -2.26. The third-order valence-electron chi connectivity index (χ3n) is 6.11. The van der Waals surface area contributed by atoms with E-state index in [1.807, 2.05) is 0 Å². The summed E-state index contributed by atoms with van der Waals surface area (Å²) in [6, 6.07) is 22.2. The molecule has 0 spiro atoms. The molecule has 0 aliphatic carbocycles. The van der Waals surface area contributed by atoms with E-state index in [2.05, 4.69) is 10.0 Å². The van der Waals surface area contributed by atoms with Crippen molar-refractivity contribution in [2.24, 2.45) is 0 Å². The molecule has 0 fully saturated rings. The third-order valence-corrected chi connectivity index (χ3v) is 9.50. The zero-order valence-corrected chi connectivity index (χ0v) is 25.7. The van der Waals surface area contributed by atoms with Crippen LogP contribution < -0.4 is 28.6 Å². The second-order valence-corrected chi connectivity index (χ2v) is 12.9. The number of rotatable bonds is 12. The van der Waals surface area contributed by atoms with Crippen LogP contribution in [-0.2, 0) is 24.8 Å². The van der Waals surface area contributed by atoms with E-state index in [0.717, 1.165) is 4.31 Å². The number of carbonyl (C=O) groups is 1. The number of ether oxygens (including phenoxy) is 3. The number of amides is 1. The Hall–Kier alpha value is -4.46. The van der Waals surface area contributed by atoms with Crippen molar-refractivity contribution in [1.82, 2.24) is 0 Å². The molecule has 14 heteroatoms. The van der Waals surface area contributed by atoms with E-state index in [1.165, 1.54) is 82.0 Å². The van der Waals surface area contributed by atoms with Crippen molar-refractivity contribution in [3.8, 4) is 17.2 Å². The van der Waals surface area contributed by atoms with Crippen LogP contribution in [0.2, 0.25) is 5.02 Å². The van der Waals surface area contributed by atoms with Crippen molar-refractivity contribution in [1.29, 1.82) is 0 Å². The first-order valence-electron chi connectivity index (χ1n) is 12.5. The van der Waals surface area contributed by atoms with Gasteiger partial charge in [0.2, 0.25) is 5.91 Å². The van der Waals surface area contributed by atoms with Gasteiger partial charge in [-0.15, -0.1) is 0 Å². The van der Waals surface area contributed by atoms with Gasteiger partial charge < -0.3 is 19.5 Å². The molecule has 226 valence electrons. The van der Waals surface area contributed by atoms with E-state index in [1.54, 1.807) is 30.3 Å². The largest absolute Gasteiger partial charge is 0.495 e. The zero-order chi connectivity index (χ0) is 31.2. The zero-order valence-electron chi connectivity index (χ0n) is 23.3. The maximum absolute atomic E-state index is 14.0.